The zero-order chi connectivity index (χ0) is 22.0. The highest BCUT2D eigenvalue weighted by molar-refractivity contribution is 7.86. The molecule has 168 valence electrons. The van der Waals surface area contributed by atoms with Crippen LogP contribution >= 0.6 is 0 Å². The predicted octanol–water partition coefficient (Wildman–Crippen LogP) is 3.92. The Balaban J connectivity index is 1.24. The van der Waals surface area contributed by atoms with Crippen molar-refractivity contribution in [1.29, 1.82) is 0 Å². The zero-order valence-corrected chi connectivity index (χ0v) is 19.0. The van der Waals surface area contributed by atoms with Gasteiger partial charge in [0.15, 0.2) is 5.82 Å². The van der Waals surface area contributed by atoms with Gasteiger partial charge >= 0.3 is 6.09 Å². The van der Waals surface area contributed by atoms with Crippen molar-refractivity contribution in [2.24, 2.45) is 0 Å². The topological polar surface area (TPSA) is 94.8 Å². The summed E-state index contributed by atoms with van der Waals surface area (Å²) in [5.41, 5.74) is 0.302. The molecule has 8 nitrogen and oxygen atoms in total. The Bertz CT molecular complexity index is 925. The van der Waals surface area contributed by atoms with Gasteiger partial charge in [0.05, 0.1) is 16.9 Å². The lowest BCUT2D eigenvalue weighted by molar-refractivity contribution is -0.0190. The highest BCUT2D eigenvalue weighted by Crippen LogP contribution is 2.31. The Morgan fingerprint density at radius 3 is 2.45 bits per heavy atom. The zero-order valence-electron chi connectivity index (χ0n) is 18.2. The second-order valence-corrected chi connectivity index (χ2v) is 10.7. The van der Waals surface area contributed by atoms with E-state index in [-0.39, 0.29) is 18.8 Å². The molecule has 1 aromatic heterocycles. The van der Waals surface area contributed by atoms with E-state index in [0.29, 0.717) is 30.1 Å². The van der Waals surface area contributed by atoms with Crippen LogP contribution in [0.25, 0.3) is 11.5 Å². The van der Waals surface area contributed by atoms with Gasteiger partial charge in [0.1, 0.15) is 12.2 Å². The van der Waals surface area contributed by atoms with Crippen LogP contribution in [-0.4, -0.2) is 55.4 Å². The lowest BCUT2D eigenvalue weighted by atomic mass is 10.1. The Morgan fingerprint density at radius 2 is 1.84 bits per heavy atom. The number of carbonyl (C=O) groups is 1. The van der Waals surface area contributed by atoms with E-state index in [9.17, 15) is 9.00 Å². The van der Waals surface area contributed by atoms with Crippen molar-refractivity contribution in [3.63, 3.8) is 0 Å². The Kier molecular flexibility index (Phi) is 6.43. The van der Waals surface area contributed by atoms with Crippen molar-refractivity contribution in [1.82, 2.24) is 15.0 Å². The van der Waals surface area contributed by atoms with E-state index < -0.39 is 16.4 Å². The molecule has 1 saturated carbocycles. The van der Waals surface area contributed by atoms with Crippen molar-refractivity contribution in [3.8, 4) is 11.5 Å². The van der Waals surface area contributed by atoms with E-state index in [1.54, 1.807) is 4.90 Å². The van der Waals surface area contributed by atoms with Crippen molar-refractivity contribution in [2.75, 3.05) is 13.1 Å². The summed E-state index contributed by atoms with van der Waals surface area (Å²) in [5.74, 6) is 0.900. The smallest absolute Gasteiger partial charge is 0.410 e. The lowest BCUT2D eigenvalue weighted by Crippen LogP contribution is -2.43. The summed E-state index contributed by atoms with van der Waals surface area (Å²) in [5, 5.41) is 4.31. The number of rotatable bonds is 6. The molecule has 2 fully saturated rings. The van der Waals surface area contributed by atoms with Crippen molar-refractivity contribution in [2.45, 2.75) is 74.9 Å². The third-order valence-corrected chi connectivity index (χ3v) is 6.98. The molecule has 0 bridgehead atoms. The minimum Gasteiger partial charge on any atom is -0.444 e. The van der Waals surface area contributed by atoms with Crippen molar-refractivity contribution < 1.29 is 23.0 Å². The first kappa shape index (κ1) is 22.0. The molecule has 0 radical (unpaired) electrons. The van der Waals surface area contributed by atoms with Crippen LogP contribution in [0, 0.1) is 0 Å². The van der Waals surface area contributed by atoms with E-state index in [1.165, 1.54) is 0 Å². The largest absolute Gasteiger partial charge is 0.444 e. The minimum atomic E-state index is -0.919. The summed E-state index contributed by atoms with van der Waals surface area (Å²) in [6, 6.07) is 7.45. The molecular formula is C22H29N3O5S. The van der Waals surface area contributed by atoms with Crippen LogP contribution in [0.15, 0.2) is 33.7 Å². The molecule has 1 amide bonds. The standard InChI is InChI=1S/C22H29N3O5S/c1-22(2,3)29-21(26)25-12-10-16(11-13-25)28-14-19-23-20(30-24-19)15-4-6-17(7-5-15)31(27)18-8-9-18/h4-7,16,18H,8-14H2,1-3H3. The Hall–Kier alpha value is -2.26. The van der Waals surface area contributed by atoms with Gasteiger partial charge in [-0.1, -0.05) is 5.16 Å². The molecule has 1 atom stereocenters. The van der Waals surface area contributed by atoms with Crippen LogP contribution in [0.1, 0.15) is 52.3 Å². The van der Waals surface area contributed by atoms with Crippen LogP contribution in [0.4, 0.5) is 4.79 Å². The average Bonchev–Trinajstić information content (AvgIpc) is 3.49. The second-order valence-electron chi connectivity index (χ2n) is 9.01. The third-order valence-electron chi connectivity index (χ3n) is 5.17. The molecule has 0 N–H and O–H groups in total. The van der Waals surface area contributed by atoms with Crippen LogP contribution in [-0.2, 0) is 26.9 Å². The molecule has 1 unspecified atom stereocenters. The quantitative estimate of drug-likeness (QED) is 0.662. The maximum Gasteiger partial charge on any atom is 0.410 e. The van der Waals surface area contributed by atoms with Crippen LogP contribution < -0.4 is 0 Å². The van der Waals surface area contributed by atoms with E-state index in [4.69, 9.17) is 14.0 Å². The Labute approximate surface area is 184 Å². The Morgan fingerprint density at radius 1 is 1.16 bits per heavy atom. The number of ether oxygens (including phenoxy) is 2. The molecule has 1 aliphatic heterocycles. The molecule has 0 spiro atoms. The first-order valence-corrected chi connectivity index (χ1v) is 11.9. The molecule has 1 saturated heterocycles. The average molecular weight is 448 g/mol. The maximum absolute atomic E-state index is 12.2. The summed E-state index contributed by atoms with van der Waals surface area (Å²) in [7, 11) is -0.919. The highest BCUT2D eigenvalue weighted by atomic mass is 32.2. The molecule has 2 heterocycles. The summed E-state index contributed by atoms with van der Waals surface area (Å²) in [4.78, 5) is 19.1. The fraction of sp³-hybridized carbons (Fsp3) is 0.591. The number of amides is 1. The van der Waals surface area contributed by atoms with Gasteiger partial charge in [0.2, 0.25) is 0 Å². The molecule has 2 aromatic rings. The number of carbonyl (C=O) groups excluding carboxylic acids is 1. The molecule has 9 heteroatoms. The highest BCUT2D eigenvalue weighted by Gasteiger charge is 2.29. The molecule has 1 aliphatic carbocycles. The van der Waals surface area contributed by atoms with E-state index in [1.807, 2.05) is 45.0 Å². The summed E-state index contributed by atoms with van der Waals surface area (Å²) in [6.07, 6.45) is 3.33. The van der Waals surface area contributed by atoms with Crippen LogP contribution in [0.2, 0.25) is 0 Å². The molecule has 2 aliphatic rings. The van der Waals surface area contributed by atoms with Gasteiger partial charge in [-0.3, -0.25) is 4.21 Å². The molecule has 31 heavy (non-hydrogen) atoms. The molecular weight excluding hydrogens is 418 g/mol. The van der Waals surface area contributed by atoms with Gasteiger partial charge in [0, 0.05) is 28.8 Å². The van der Waals surface area contributed by atoms with Crippen molar-refractivity contribution in [3.05, 3.63) is 30.1 Å². The van der Waals surface area contributed by atoms with Crippen LogP contribution in [0.3, 0.4) is 0 Å². The van der Waals surface area contributed by atoms with Gasteiger partial charge in [0.25, 0.3) is 5.89 Å². The summed E-state index contributed by atoms with van der Waals surface area (Å²) < 4.78 is 28.9. The third kappa shape index (κ3) is 5.92. The van der Waals surface area contributed by atoms with Crippen LogP contribution in [0.5, 0.6) is 0 Å². The predicted molar refractivity (Wildman–Crippen MR) is 115 cm³/mol. The molecule has 4 rings (SSSR count). The number of piperidine rings is 1. The second kappa shape index (κ2) is 9.08. The number of benzene rings is 1. The first-order chi connectivity index (χ1) is 14.8. The van der Waals surface area contributed by atoms with Gasteiger partial charge in [-0.2, -0.15) is 4.98 Å². The van der Waals surface area contributed by atoms with E-state index >= 15 is 0 Å². The van der Waals surface area contributed by atoms with Gasteiger partial charge in [-0.05, 0) is 70.7 Å². The van der Waals surface area contributed by atoms with Gasteiger partial charge in [-0.15, -0.1) is 0 Å². The number of hydrogen-bond acceptors (Lipinski definition) is 7. The van der Waals surface area contributed by atoms with E-state index in [0.717, 1.165) is 36.1 Å². The monoisotopic (exact) mass is 447 g/mol. The maximum atomic E-state index is 12.2. The SMILES string of the molecule is CC(C)(C)OC(=O)N1CCC(OCc2noc(-c3ccc(S(=O)C4CC4)cc3)n2)CC1. The number of hydrogen-bond donors (Lipinski definition) is 0. The summed E-state index contributed by atoms with van der Waals surface area (Å²) in [6.45, 7) is 7.05. The first-order valence-electron chi connectivity index (χ1n) is 10.7. The number of aromatic nitrogens is 2. The number of likely N-dealkylation sites (tertiary alicyclic amines) is 1. The fourth-order valence-corrected chi connectivity index (χ4v) is 4.71. The van der Waals surface area contributed by atoms with Gasteiger partial charge in [-0.25, -0.2) is 4.79 Å². The normalized spacial score (nSPS) is 18.7. The molecule has 1 aromatic carbocycles. The number of nitrogens with zero attached hydrogens (tertiary/aromatic N) is 3. The lowest BCUT2D eigenvalue weighted by Gasteiger charge is -2.33. The minimum absolute atomic E-state index is 0.0392. The van der Waals surface area contributed by atoms with Crippen molar-refractivity contribution >= 4 is 16.9 Å². The van der Waals surface area contributed by atoms with Gasteiger partial charge < -0.3 is 18.9 Å². The van der Waals surface area contributed by atoms with E-state index in [2.05, 4.69) is 10.1 Å². The fourth-order valence-electron chi connectivity index (χ4n) is 3.36. The summed E-state index contributed by atoms with van der Waals surface area (Å²) >= 11 is 0.